The number of amides is 1. The van der Waals surface area contributed by atoms with Gasteiger partial charge in [0.05, 0.1) is 11.7 Å². The third-order valence-corrected chi connectivity index (χ3v) is 6.64. The van der Waals surface area contributed by atoms with Gasteiger partial charge in [0.2, 0.25) is 15.9 Å². The number of nitrogens with one attached hydrogen (secondary N) is 1. The molecule has 0 radical (unpaired) electrons. The van der Waals surface area contributed by atoms with Crippen LogP contribution in [0.25, 0.3) is 0 Å². The maximum Gasteiger partial charge on any atom is 0.228 e. The Labute approximate surface area is 154 Å². The van der Waals surface area contributed by atoms with Crippen LogP contribution in [0.5, 0.6) is 11.5 Å². The summed E-state index contributed by atoms with van der Waals surface area (Å²) in [7, 11) is -3.28. The number of hydrogen-bond donors (Lipinski definition) is 1. The fraction of sp³-hybridized carbons (Fsp3) is 0.611. The van der Waals surface area contributed by atoms with Gasteiger partial charge in [0, 0.05) is 24.8 Å². The fourth-order valence-electron chi connectivity index (χ4n) is 3.23. The SMILES string of the molecule is CCCCS(=O)(=O)N1CCC[C@H](C(=O)Nc2ccc3c(c2)OCCO3)C1. The van der Waals surface area contributed by atoms with Crippen LogP contribution in [0, 0.1) is 5.92 Å². The minimum absolute atomic E-state index is 0.153. The van der Waals surface area contributed by atoms with E-state index in [-0.39, 0.29) is 24.1 Å². The van der Waals surface area contributed by atoms with Gasteiger partial charge in [-0.05, 0) is 31.4 Å². The van der Waals surface area contributed by atoms with Crippen LogP contribution in [0.2, 0.25) is 0 Å². The first kappa shape index (κ1) is 19.0. The maximum absolute atomic E-state index is 12.6. The number of benzene rings is 1. The lowest BCUT2D eigenvalue weighted by molar-refractivity contribution is -0.120. The van der Waals surface area contributed by atoms with Crippen LogP contribution in [-0.4, -0.2) is 50.7 Å². The smallest absolute Gasteiger partial charge is 0.228 e. The molecule has 2 aliphatic rings. The zero-order valence-corrected chi connectivity index (χ0v) is 15.9. The van der Waals surface area contributed by atoms with Crippen LogP contribution in [0.1, 0.15) is 32.6 Å². The first-order chi connectivity index (χ1) is 12.5. The van der Waals surface area contributed by atoms with Crippen molar-refractivity contribution in [3.63, 3.8) is 0 Å². The van der Waals surface area contributed by atoms with E-state index in [9.17, 15) is 13.2 Å². The van der Waals surface area contributed by atoms with Crippen molar-refractivity contribution in [2.24, 2.45) is 5.92 Å². The molecular formula is C18H26N2O5S. The number of carbonyl (C=O) groups excluding carboxylic acids is 1. The van der Waals surface area contributed by atoms with Crippen LogP contribution in [-0.2, 0) is 14.8 Å². The number of nitrogens with zero attached hydrogens (tertiary/aromatic N) is 1. The molecule has 1 aromatic carbocycles. The van der Waals surface area contributed by atoms with Crippen molar-refractivity contribution >= 4 is 21.6 Å². The summed E-state index contributed by atoms with van der Waals surface area (Å²) in [4.78, 5) is 12.6. The molecule has 1 N–H and O–H groups in total. The van der Waals surface area contributed by atoms with Crippen LogP contribution in [0.3, 0.4) is 0 Å². The molecule has 0 aromatic heterocycles. The lowest BCUT2D eigenvalue weighted by Crippen LogP contribution is -2.44. The van der Waals surface area contributed by atoms with Crippen molar-refractivity contribution in [3.8, 4) is 11.5 Å². The minimum Gasteiger partial charge on any atom is -0.486 e. The molecule has 0 aliphatic carbocycles. The number of hydrogen-bond acceptors (Lipinski definition) is 5. The number of carbonyl (C=O) groups is 1. The Morgan fingerprint density at radius 2 is 2.04 bits per heavy atom. The van der Waals surface area contributed by atoms with E-state index in [0.717, 1.165) is 6.42 Å². The molecular weight excluding hydrogens is 356 g/mol. The quantitative estimate of drug-likeness (QED) is 0.816. The highest BCUT2D eigenvalue weighted by atomic mass is 32.2. The summed E-state index contributed by atoms with van der Waals surface area (Å²) in [6.07, 6.45) is 2.87. The molecule has 144 valence electrons. The Hall–Kier alpha value is -1.80. The molecule has 2 aliphatic heterocycles. The van der Waals surface area contributed by atoms with Crippen LogP contribution >= 0.6 is 0 Å². The Balaban J connectivity index is 1.62. The normalized spacial score (nSPS) is 20.6. The van der Waals surface area contributed by atoms with Crippen molar-refractivity contribution < 1.29 is 22.7 Å². The van der Waals surface area contributed by atoms with Gasteiger partial charge in [-0.15, -0.1) is 0 Å². The Morgan fingerprint density at radius 1 is 1.27 bits per heavy atom. The zero-order valence-electron chi connectivity index (χ0n) is 15.1. The van der Waals surface area contributed by atoms with Gasteiger partial charge in [-0.25, -0.2) is 12.7 Å². The van der Waals surface area contributed by atoms with E-state index < -0.39 is 10.0 Å². The summed E-state index contributed by atoms with van der Waals surface area (Å²) in [5, 5.41) is 2.88. The van der Waals surface area contributed by atoms with Gasteiger partial charge in [0.15, 0.2) is 11.5 Å². The van der Waals surface area contributed by atoms with Gasteiger partial charge in [-0.1, -0.05) is 13.3 Å². The van der Waals surface area contributed by atoms with E-state index in [1.807, 2.05) is 6.92 Å². The van der Waals surface area contributed by atoms with Crippen molar-refractivity contribution in [1.29, 1.82) is 0 Å². The summed E-state index contributed by atoms with van der Waals surface area (Å²) in [6, 6.07) is 5.28. The number of unbranched alkanes of at least 4 members (excludes halogenated alkanes) is 1. The summed E-state index contributed by atoms with van der Waals surface area (Å²) < 4.78 is 37.3. The van der Waals surface area contributed by atoms with Crippen molar-refractivity contribution in [2.75, 3.05) is 37.4 Å². The van der Waals surface area contributed by atoms with Crippen LogP contribution in [0.4, 0.5) is 5.69 Å². The van der Waals surface area contributed by atoms with Crippen LogP contribution < -0.4 is 14.8 Å². The average Bonchev–Trinajstić information content (AvgIpc) is 2.66. The molecule has 0 spiro atoms. The summed E-state index contributed by atoms with van der Waals surface area (Å²) in [5.74, 6) is 0.937. The molecule has 3 rings (SSSR count). The minimum atomic E-state index is -3.28. The monoisotopic (exact) mass is 382 g/mol. The summed E-state index contributed by atoms with van der Waals surface area (Å²) >= 11 is 0. The van der Waals surface area contributed by atoms with Gasteiger partial charge in [0.25, 0.3) is 0 Å². The molecule has 1 aromatic rings. The van der Waals surface area contributed by atoms with Crippen molar-refractivity contribution in [2.45, 2.75) is 32.6 Å². The standard InChI is InChI=1S/C18H26N2O5S/c1-2-3-11-26(22,23)20-8-4-5-14(13-20)18(21)19-15-6-7-16-17(12-15)25-10-9-24-16/h6-7,12,14H,2-5,8-11,13H2,1H3,(H,19,21)/t14-/m0/s1. The third-order valence-electron chi connectivity index (χ3n) is 4.71. The Bertz CT molecular complexity index is 750. The van der Waals surface area contributed by atoms with Gasteiger partial charge in [-0.3, -0.25) is 4.79 Å². The first-order valence-corrected chi connectivity index (χ1v) is 10.8. The highest BCUT2D eigenvalue weighted by Gasteiger charge is 2.32. The number of piperidine rings is 1. The van der Waals surface area contributed by atoms with E-state index in [1.54, 1.807) is 18.2 Å². The Morgan fingerprint density at radius 3 is 2.81 bits per heavy atom. The topological polar surface area (TPSA) is 84.9 Å². The summed E-state index contributed by atoms with van der Waals surface area (Å²) in [5.41, 5.74) is 0.630. The number of rotatable bonds is 6. The predicted molar refractivity (Wildman–Crippen MR) is 99.1 cm³/mol. The molecule has 1 saturated heterocycles. The molecule has 1 fully saturated rings. The highest BCUT2D eigenvalue weighted by molar-refractivity contribution is 7.89. The fourth-order valence-corrected chi connectivity index (χ4v) is 4.96. The van der Waals surface area contributed by atoms with Gasteiger partial charge < -0.3 is 14.8 Å². The predicted octanol–water partition coefficient (Wildman–Crippen LogP) is 2.24. The van der Waals surface area contributed by atoms with E-state index in [0.29, 0.717) is 56.2 Å². The van der Waals surface area contributed by atoms with E-state index in [4.69, 9.17) is 9.47 Å². The van der Waals surface area contributed by atoms with Gasteiger partial charge in [-0.2, -0.15) is 0 Å². The lowest BCUT2D eigenvalue weighted by atomic mass is 9.98. The number of ether oxygens (including phenoxy) is 2. The molecule has 26 heavy (non-hydrogen) atoms. The lowest BCUT2D eigenvalue weighted by Gasteiger charge is -2.31. The molecule has 1 amide bonds. The van der Waals surface area contributed by atoms with E-state index >= 15 is 0 Å². The van der Waals surface area contributed by atoms with Crippen molar-refractivity contribution in [1.82, 2.24) is 4.31 Å². The molecule has 0 saturated carbocycles. The van der Waals surface area contributed by atoms with E-state index in [2.05, 4.69) is 5.32 Å². The van der Waals surface area contributed by atoms with E-state index in [1.165, 1.54) is 4.31 Å². The molecule has 2 heterocycles. The molecule has 8 heteroatoms. The number of anilines is 1. The molecule has 0 unspecified atom stereocenters. The largest absolute Gasteiger partial charge is 0.486 e. The first-order valence-electron chi connectivity index (χ1n) is 9.18. The highest BCUT2D eigenvalue weighted by Crippen LogP contribution is 2.33. The summed E-state index contributed by atoms with van der Waals surface area (Å²) in [6.45, 7) is 3.72. The third kappa shape index (κ3) is 4.48. The molecule has 1 atom stereocenters. The second-order valence-electron chi connectivity index (χ2n) is 6.71. The van der Waals surface area contributed by atoms with Gasteiger partial charge in [0.1, 0.15) is 13.2 Å². The number of fused-ring (bicyclic) bond motifs is 1. The second kappa shape index (κ2) is 8.26. The van der Waals surface area contributed by atoms with Gasteiger partial charge >= 0.3 is 0 Å². The van der Waals surface area contributed by atoms with Crippen LogP contribution in [0.15, 0.2) is 18.2 Å². The maximum atomic E-state index is 12.6. The molecule has 7 nitrogen and oxygen atoms in total. The van der Waals surface area contributed by atoms with Crippen molar-refractivity contribution in [3.05, 3.63) is 18.2 Å². The zero-order chi connectivity index (χ0) is 18.6. The second-order valence-corrected chi connectivity index (χ2v) is 8.80. The average molecular weight is 382 g/mol. The number of sulfonamides is 1. The Kier molecular flexibility index (Phi) is 6.03. The molecule has 0 bridgehead atoms.